The van der Waals surface area contributed by atoms with Crippen LogP contribution in [0.2, 0.25) is 0 Å². The van der Waals surface area contributed by atoms with Crippen LogP contribution in [0.15, 0.2) is 18.2 Å². The summed E-state index contributed by atoms with van der Waals surface area (Å²) in [5.41, 5.74) is 1.49. The largest absolute Gasteiger partial charge is 0.376 e. The molecule has 1 aromatic heterocycles. The average molecular weight is 266 g/mol. The molecule has 0 saturated carbocycles. The third kappa shape index (κ3) is 1.54. The van der Waals surface area contributed by atoms with Crippen LogP contribution in [0, 0.1) is 10.6 Å². The SMILES string of the molecule is CC1OCCC1(C)n1c(=S)[nH]c2cc(F)ccc21. The van der Waals surface area contributed by atoms with E-state index < -0.39 is 0 Å². The molecule has 0 aliphatic carbocycles. The summed E-state index contributed by atoms with van der Waals surface area (Å²) in [5, 5.41) is 0. The van der Waals surface area contributed by atoms with Crippen LogP contribution in [0.3, 0.4) is 0 Å². The number of aromatic nitrogens is 2. The number of rotatable bonds is 1. The van der Waals surface area contributed by atoms with Gasteiger partial charge >= 0.3 is 0 Å². The molecule has 1 aliphatic heterocycles. The Morgan fingerprint density at radius 3 is 3.00 bits per heavy atom. The number of imidazole rings is 1. The fourth-order valence-corrected chi connectivity index (χ4v) is 3.13. The molecule has 2 atom stereocenters. The Balaban J connectivity index is 2.29. The van der Waals surface area contributed by atoms with Gasteiger partial charge in [-0.25, -0.2) is 4.39 Å². The highest BCUT2D eigenvalue weighted by molar-refractivity contribution is 7.71. The Kier molecular flexibility index (Phi) is 2.57. The van der Waals surface area contributed by atoms with E-state index in [9.17, 15) is 4.39 Å². The van der Waals surface area contributed by atoms with Gasteiger partial charge in [0.25, 0.3) is 0 Å². The quantitative estimate of drug-likeness (QED) is 0.802. The monoisotopic (exact) mass is 266 g/mol. The summed E-state index contributed by atoms with van der Waals surface area (Å²) in [6, 6.07) is 4.71. The van der Waals surface area contributed by atoms with Gasteiger partial charge in [-0.05, 0) is 50.7 Å². The van der Waals surface area contributed by atoms with Crippen molar-refractivity contribution in [1.82, 2.24) is 9.55 Å². The summed E-state index contributed by atoms with van der Waals surface area (Å²) in [4.78, 5) is 3.07. The van der Waals surface area contributed by atoms with Gasteiger partial charge in [-0.2, -0.15) is 0 Å². The molecule has 1 aromatic carbocycles. The molecule has 18 heavy (non-hydrogen) atoms. The molecule has 2 aromatic rings. The Hall–Kier alpha value is -1.20. The zero-order chi connectivity index (χ0) is 12.9. The van der Waals surface area contributed by atoms with Crippen molar-refractivity contribution in [3.63, 3.8) is 0 Å². The number of nitrogens with one attached hydrogen (secondary N) is 1. The van der Waals surface area contributed by atoms with Gasteiger partial charge in [-0.3, -0.25) is 0 Å². The minimum Gasteiger partial charge on any atom is -0.376 e. The van der Waals surface area contributed by atoms with E-state index in [-0.39, 0.29) is 17.5 Å². The van der Waals surface area contributed by atoms with Gasteiger partial charge in [-0.1, -0.05) is 0 Å². The summed E-state index contributed by atoms with van der Waals surface area (Å²) < 4.78 is 21.6. The number of ether oxygens (including phenoxy) is 1. The lowest BCUT2D eigenvalue weighted by atomic mass is 9.94. The molecule has 0 amide bonds. The molecule has 5 heteroatoms. The predicted octanol–water partition coefficient (Wildman–Crippen LogP) is 3.36. The van der Waals surface area contributed by atoms with Crippen LogP contribution < -0.4 is 0 Å². The minimum absolute atomic E-state index is 0.0910. The first-order valence-electron chi connectivity index (χ1n) is 6.05. The van der Waals surface area contributed by atoms with Gasteiger partial charge < -0.3 is 14.3 Å². The van der Waals surface area contributed by atoms with Gasteiger partial charge in [0.2, 0.25) is 0 Å². The van der Waals surface area contributed by atoms with Crippen molar-refractivity contribution in [3.8, 4) is 0 Å². The van der Waals surface area contributed by atoms with E-state index in [0.717, 1.165) is 24.1 Å². The first-order chi connectivity index (χ1) is 8.52. The summed E-state index contributed by atoms with van der Waals surface area (Å²) in [6.07, 6.45) is 1.00. The van der Waals surface area contributed by atoms with Gasteiger partial charge in [0.05, 0.1) is 22.7 Å². The molecule has 0 radical (unpaired) electrons. The van der Waals surface area contributed by atoms with Crippen LogP contribution >= 0.6 is 12.2 Å². The van der Waals surface area contributed by atoms with E-state index in [1.807, 2.05) is 0 Å². The lowest BCUT2D eigenvalue weighted by molar-refractivity contribution is 0.0770. The fourth-order valence-electron chi connectivity index (χ4n) is 2.71. The lowest BCUT2D eigenvalue weighted by Gasteiger charge is -2.30. The van der Waals surface area contributed by atoms with E-state index in [4.69, 9.17) is 17.0 Å². The summed E-state index contributed by atoms with van der Waals surface area (Å²) in [6.45, 7) is 4.92. The molecule has 2 unspecified atom stereocenters. The van der Waals surface area contributed by atoms with Crippen molar-refractivity contribution >= 4 is 23.3 Å². The second-order valence-electron chi connectivity index (χ2n) is 5.05. The summed E-state index contributed by atoms with van der Waals surface area (Å²) in [7, 11) is 0. The highest BCUT2D eigenvalue weighted by Gasteiger charge is 2.40. The second kappa shape index (κ2) is 3.90. The molecule has 96 valence electrons. The number of hydrogen-bond donors (Lipinski definition) is 1. The first kappa shape index (κ1) is 11.9. The Morgan fingerprint density at radius 1 is 1.56 bits per heavy atom. The Bertz CT molecular complexity index is 663. The maximum atomic E-state index is 13.2. The van der Waals surface area contributed by atoms with Crippen molar-refractivity contribution in [1.29, 1.82) is 0 Å². The topological polar surface area (TPSA) is 29.9 Å². The highest BCUT2D eigenvalue weighted by atomic mass is 32.1. The van der Waals surface area contributed by atoms with E-state index in [1.165, 1.54) is 12.1 Å². The second-order valence-corrected chi connectivity index (χ2v) is 5.43. The molecule has 0 bridgehead atoms. The molecule has 0 spiro atoms. The fraction of sp³-hybridized carbons (Fsp3) is 0.462. The van der Waals surface area contributed by atoms with Crippen molar-refractivity contribution in [2.75, 3.05) is 6.61 Å². The number of aromatic amines is 1. The minimum atomic E-state index is -0.258. The van der Waals surface area contributed by atoms with E-state index in [1.54, 1.807) is 6.07 Å². The van der Waals surface area contributed by atoms with Gasteiger partial charge in [0.1, 0.15) is 5.82 Å². The number of hydrogen-bond acceptors (Lipinski definition) is 2. The molecule has 1 N–H and O–H groups in total. The van der Waals surface area contributed by atoms with E-state index in [2.05, 4.69) is 23.4 Å². The van der Waals surface area contributed by atoms with Gasteiger partial charge in [-0.15, -0.1) is 0 Å². The predicted molar refractivity (Wildman–Crippen MR) is 70.8 cm³/mol. The number of halogens is 1. The zero-order valence-electron chi connectivity index (χ0n) is 10.4. The number of fused-ring (bicyclic) bond motifs is 1. The van der Waals surface area contributed by atoms with E-state index in [0.29, 0.717) is 4.77 Å². The molecular formula is C13H15FN2OS. The van der Waals surface area contributed by atoms with Crippen LogP contribution in [0.5, 0.6) is 0 Å². The van der Waals surface area contributed by atoms with Crippen molar-refractivity contribution in [3.05, 3.63) is 28.8 Å². The maximum absolute atomic E-state index is 13.2. The van der Waals surface area contributed by atoms with Gasteiger partial charge in [0.15, 0.2) is 4.77 Å². The average Bonchev–Trinajstić information content (AvgIpc) is 2.79. The van der Waals surface area contributed by atoms with Crippen molar-refractivity contribution < 1.29 is 9.13 Å². The normalized spacial score (nSPS) is 28.1. The molecule has 3 rings (SSSR count). The summed E-state index contributed by atoms with van der Waals surface area (Å²) >= 11 is 5.39. The molecular weight excluding hydrogens is 251 g/mol. The Labute approximate surface area is 110 Å². The van der Waals surface area contributed by atoms with Crippen molar-refractivity contribution in [2.45, 2.75) is 31.9 Å². The molecule has 1 aliphatic rings. The van der Waals surface area contributed by atoms with Gasteiger partial charge in [0, 0.05) is 6.61 Å². The summed E-state index contributed by atoms with van der Waals surface area (Å²) in [5.74, 6) is -0.258. The van der Waals surface area contributed by atoms with Crippen LogP contribution in [-0.4, -0.2) is 22.3 Å². The Morgan fingerprint density at radius 2 is 2.33 bits per heavy atom. The standard InChI is InChI=1S/C13H15FN2OS/c1-8-13(2,5-6-17-8)16-11-4-3-9(14)7-10(11)15-12(16)18/h3-4,7-8H,5-6H2,1-2H3,(H,15,18). The van der Waals surface area contributed by atoms with Crippen LogP contribution in [-0.2, 0) is 10.3 Å². The smallest absolute Gasteiger partial charge is 0.178 e. The maximum Gasteiger partial charge on any atom is 0.178 e. The lowest BCUT2D eigenvalue weighted by Crippen LogP contribution is -2.36. The van der Waals surface area contributed by atoms with Crippen molar-refractivity contribution in [2.24, 2.45) is 0 Å². The molecule has 1 saturated heterocycles. The molecule has 3 nitrogen and oxygen atoms in total. The third-order valence-corrected chi connectivity index (χ3v) is 4.29. The first-order valence-corrected chi connectivity index (χ1v) is 6.45. The third-order valence-electron chi connectivity index (χ3n) is 4.01. The number of H-pyrrole nitrogens is 1. The number of nitrogens with zero attached hydrogens (tertiary/aromatic N) is 1. The van der Waals surface area contributed by atoms with Crippen LogP contribution in [0.25, 0.3) is 11.0 Å². The highest BCUT2D eigenvalue weighted by Crippen LogP contribution is 2.36. The molecule has 2 heterocycles. The zero-order valence-corrected chi connectivity index (χ0v) is 11.2. The van der Waals surface area contributed by atoms with Crippen LogP contribution in [0.1, 0.15) is 20.3 Å². The molecule has 1 fully saturated rings. The van der Waals surface area contributed by atoms with Crippen LogP contribution in [0.4, 0.5) is 4.39 Å². The number of benzene rings is 1. The van der Waals surface area contributed by atoms with E-state index >= 15 is 0 Å².